The number of hydrogen-bond donors (Lipinski definition) is 2. The zero-order valence-electron chi connectivity index (χ0n) is 9.87. The van der Waals surface area contributed by atoms with E-state index in [1.807, 2.05) is 0 Å². The standard InChI is InChI=1S/C11H10N2O4S2/c1-4(14)3-18-11-7(10(12)17)8-9(19-11)5(15)2-6(16)13-8/h2,9,15H,3H2,1H3,(H2,12,17). The topological polar surface area (TPSA) is 110 Å². The molecule has 0 saturated carbocycles. The molecule has 1 unspecified atom stereocenters. The third kappa shape index (κ3) is 2.74. The summed E-state index contributed by atoms with van der Waals surface area (Å²) in [4.78, 5) is 37.5. The quantitative estimate of drug-likeness (QED) is 0.784. The Morgan fingerprint density at radius 2 is 2.26 bits per heavy atom. The number of ketones is 1. The van der Waals surface area contributed by atoms with Gasteiger partial charge in [0.25, 0.3) is 11.8 Å². The van der Waals surface area contributed by atoms with Crippen molar-refractivity contribution in [3.05, 3.63) is 21.6 Å². The molecule has 3 N–H and O–H groups in total. The van der Waals surface area contributed by atoms with Gasteiger partial charge in [-0.05, 0) is 6.92 Å². The lowest BCUT2D eigenvalue weighted by Crippen LogP contribution is -2.28. The Bertz CT molecular complexity index is 577. The summed E-state index contributed by atoms with van der Waals surface area (Å²) in [5.41, 5.74) is 5.59. The highest BCUT2D eigenvalue weighted by Gasteiger charge is 2.40. The molecule has 2 heterocycles. The molecule has 0 fully saturated rings. The normalized spacial score (nSPS) is 21.9. The summed E-state index contributed by atoms with van der Waals surface area (Å²) in [6.07, 6.45) is 1.01. The SMILES string of the molecule is CC(=O)CSC1=C(C(N)=O)C2=NC(=O)C=C(O)C2S1. The third-order valence-corrected chi connectivity index (χ3v) is 5.14. The number of hydrogen-bond acceptors (Lipinski definition) is 6. The number of primary amides is 1. The highest BCUT2D eigenvalue weighted by atomic mass is 32.2. The summed E-state index contributed by atoms with van der Waals surface area (Å²) in [7, 11) is 0. The Labute approximate surface area is 117 Å². The number of nitrogens with two attached hydrogens (primary N) is 1. The maximum Gasteiger partial charge on any atom is 0.273 e. The molecule has 0 aliphatic carbocycles. The van der Waals surface area contributed by atoms with E-state index in [2.05, 4.69) is 4.99 Å². The van der Waals surface area contributed by atoms with Crippen LogP contribution < -0.4 is 5.73 Å². The maximum absolute atomic E-state index is 11.5. The Morgan fingerprint density at radius 3 is 2.84 bits per heavy atom. The Kier molecular flexibility index (Phi) is 3.81. The number of aliphatic hydroxyl groups is 1. The zero-order chi connectivity index (χ0) is 14.2. The van der Waals surface area contributed by atoms with Gasteiger partial charge < -0.3 is 10.8 Å². The van der Waals surface area contributed by atoms with E-state index in [1.54, 1.807) is 0 Å². The van der Waals surface area contributed by atoms with Crippen molar-refractivity contribution in [3.8, 4) is 0 Å². The largest absolute Gasteiger partial charge is 0.510 e. The minimum absolute atomic E-state index is 0.0467. The van der Waals surface area contributed by atoms with E-state index >= 15 is 0 Å². The second kappa shape index (κ2) is 5.22. The fourth-order valence-corrected chi connectivity index (χ4v) is 4.06. The predicted molar refractivity (Wildman–Crippen MR) is 73.9 cm³/mol. The van der Waals surface area contributed by atoms with Crippen LogP contribution >= 0.6 is 23.5 Å². The van der Waals surface area contributed by atoms with Gasteiger partial charge in [-0.25, -0.2) is 4.99 Å². The molecule has 2 aliphatic rings. The molecule has 0 saturated heterocycles. The van der Waals surface area contributed by atoms with Crippen LogP contribution in [0.25, 0.3) is 0 Å². The summed E-state index contributed by atoms with van der Waals surface area (Å²) in [5.74, 6) is -1.35. The monoisotopic (exact) mass is 298 g/mol. The first-order valence-corrected chi connectivity index (χ1v) is 7.13. The lowest BCUT2D eigenvalue weighted by molar-refractivity contribution is -0.115. The highest BCUT2D eigenvalue weighted by molar-refractivity contribution is 8.23. The second-order valence-electron chi connectivity index (χ2n) is 3.92. The van der Waals surface area contributed by atoms with Gasteiger partial charge >= 0.3 is 0 Å². The number of thioether (sulfide) groups is 2. The van der Waals surface area contributed by atoms with Crippen LogP contribution in [-0.2, 0) is 14.4 Å². The van der Waals surface area contributed by atoms with Crippen molar-refractivity contribution < 1.29 is 19.5 Å². The smallest absolute Gasteiger partial charge is 0.273 e. The van der Waals surface area contributed by atoms with Crippen LogP contribution in [0.3, 0.4) is 0 Å². The van der Waals surface area contributed by atoms with Gasteiger partial charge in [0.05, 0.1) is 21.3 Å². The minimum Gasteiger partial charge on any atom is -0.510 e. The average Bonchev–Trinajstić information content (AvgIpc) is 2.64. The van der Waals surface area contributed by atoms with Crippen LogP contribution in [0.2, 0.25) is 0 Å². The van der Waals surface area contributed by atoms with E-state index < -0.39 is 17.1 Å². The minimum atomic E-state index is -0.720. The fourth-order valence-electron chi connectivity index (χ4n) is 1.63. The molecular formula is C11H10N2O4S2. The number of fused-ring (bicyclic) bond motifs is 1. The van der Waals surface area contributed by atoms with E-state index in [0.717, 1.165) is 17.8 Å². The van der Waals surface area contributed by atoms with Gasteiger partial charge in [0.1, 0.15) is 16.8 Å². The van der Waals surface area contributed by atoms with Crippen molar-refractivity contribution in [2.75, 3.05) is 5.75 Å². The zero-order valence-corrected chi connectivity index (χ0v) is 11.5. The van der Waals surface area contributed by atoms with Crippen molar-refractivity contribution in [2.24, 2.45) is 10.7 Å². The number of rotatable bonds is 4. The van der Waals surface area contributed by atoms with Crippen LogP contribution in [0.15, 0.2) is 26.6 Å². The summed E-state index contributed by atoms with van der Waals surface area (Å²) in [6.45, 7) is 1.43. The molecule has 2 aliphatic heterocycles. The molecule has 6 nitrogen and oxygen atoms in total. The number of aliphatic imine (C=N–C) groups is 1. The Morgan fingerprint density at radius 1 is 1.58 bits per heavy atom. The highest BCUT2D eigenvalue weighted by Crippen LogP contribution is 2.45. The van der Waals surface area contributed by atoms with Gasteiger partial charge in [-0.1, -0.05) is 0 Å². The van der Waals surface area contributed by atoms with E-state index in [4.69, 9.17) is 5.73 Å². The average molecular weight is 298 g/mol. The molecule has 1 atom stereocenters. The van der Waals surface area contributed by atoms with Gasteiger partial charge in [-0.2, -0.15) is 0 Å². The fraction of sp³-hybridized carbons (Fsp3) is 0.273. The number of dihydropyridines is 1. The molecule has 0 spiro atoms. The second-order valence-corrected chi connectivity index (χ2v) is 6.28. The number of carbonyl (C=O) groups is 3. The number of nitrogens with zero attached hydrogens (tertiary/aromatic N) is 1. The predicted octanol–water partition coefficient (Wildman–Crippen LogP) is 0.544. The van der Waals surface area contributed by atoms with Crippen LogP contribution in [0.5, 0.6) is 0 Å². The van der Waals surface area contributed by atoms with Crippen LogP contribution in [0.4, 0.5) is 0 Å². The van der Waals surface area contributed by atoms with E-state index in [-0.39, 0.29) is 28.6 Å². The lowest BCUT2D eigenvalue weighted by atomic mass is 10.1. The molecule has 19 heavy (non-hydrogen) atoms. The number of carbonyl (C=O) groups excluding carboxylic acids is 3. The van der Waals surface area contributed by atoms with Gasteiger partial charge in [0.2, 0.25) is 0 Å². The first-order valence-electron chi connectivity index (χ1n) is 5.26. The van der Waals surface area contributed by atoms with E-state index in [9.17, 15) is 19.5 Å². The Hall–Kier alpha value is -1.54. The number of amides is 2. The van der Waals surface area contributed by atoms with Crippen LogP contribution in [0.1, 0.15) is 6.92 Å². The van der Waals surface area contributed by atoms with Crippen molar-refractivity contribution in [3.63, 3.8) is 0 Å². The van der Waals surface area contributed by atoms with E-state index in [1.165, 1.54) is 18.7 Å². The molecule has 0 aromatic rings. The number of aliphatic hydroxyl groups excluding tert-OH is 1. The summed E-state index contributed by atoms with van der Waals surface area (Å²) >= 11 is 2.33. The first-order chi connectivity index (χ1) is 8.90. The third-order valence-electron chi connectivity index (χ3n) is 2.36. The van der Waals surface area contributed by atoms with Gasteiger partial charge in [0, 0.05) is 6.08 Å². The van der Waals surface area contributed by atoms with Crippen LogP contribution in [0, 0.1) is 0 Å². The number of Topliss-reactive ketones (excluding diaryl/α,β-unsaturated/α-hetero) is 1. The molecular weight excluding hydrogens is 288 g/mol. The van der Waals surface area contributed by atoms with Crippen molar-refractivity contribution in [2.45, 2.75) is 12.2 Å². The molecule has 2 rings (SSSR count). The summed E-state index contributed by atoms with van der Waals surface area (Å²) < 4.78 is 0.515. The molecule has 8 heteroatoms. The first kappa shape index (κ1) is 13.9. The van der Waals surface area contributed by atoms with Crippen molar-refractivity contribution in [1.29, 1.82) is 0 Å². The van der Waals surface area contributed by atoms with Crippen LogP contribution in [-0.4, -0.2) is 39.4 Å². The lowest BCUT2D eigenvalue weighted by Gasteiger charge is -2.13. The molecule has 100 valence electrons. The molecule has 0 aromatic carbocycles. The molecule has 2 amide bonds. The van der Waals surface area contributed by atoms with Gasteiger partial charge in [-0.15, -0.1) is 23.5 Å². The summed E-state index contributed by atoms with van der Waals surface area (Å²) in [6, 6.07) is 0. The van der Waals surface area contributed by atoms with Gasteiger partial charge in [-0.3, -0.25) is 14.4 Å². The molecule has 0 aromatic heterocycles. The molecule has 0 radical (unpaired) electrons. The molecule has 0 bridgehead atoms. The van der Waals surface area contributed by atoms with Crippen molar-refractivity contribution >= 4 is 46.8 Å². The van der Waals surface area contributed by atoms with Gasteiger partial charge in [0.15, 0.2) is 0 Å². The van der Waals surface area contributed by atoms with Crippen molar-refractivity contribution in [1.82, 2.24) is 0 Å². The van der Waals surface area contributed by atoms with E-state index in [0.29, 0.717) is 4.24 Å². The Balaban J connectivity index is 2.37. The maximum atomic E-state index is 11.5. The summed E-state index contributed by atoms with van der Waals surface area (Å²) in [5, 5.41) is 9.14.